The third-order valence-electron chi connectivity index (χ3n) is 3.18. The summed E-state index contributed by atoms with van der Waals surface area (Å²) in [5.74, 6) is -4.63. The summed E-state index contributed by atoms with van der Waals surface area (Å²) >= 11 is 2.86. The second-order valence-electron chi connectivity index (χ2n) is 4.87. The van der Waals surface area contributed by atoms with E-state index in [9.17, 15) is 27.2 Å². The number of carbonyl (C=O) groups is 2. The highest BCUT2D eigenvalue weighted by Crippen LogP contribution is 2.41. The number of nitrogens with one attached hydrogen (secondary N) is 1. The van der Waals surface area contributed by atoms with E-state index in [0.717, 1.165) is 25.4 Å². The third kappa shape index (κ3) is 3.93. The second kappa shape index (κ2) is 7.28. The molecule has 0 fully saturated rings. The van der Waals surface area contributed by atoms with Crippen LogP contribution < -0.4 is 15.8 Å². The normalized spacial score (nSPS) is 11.2. The zero-order valence-electron chi connectivity index (χ0n) is 12.9. The Balaban J connectivity index is 2.50. The van der Waals surface area contributed by atoms with Crippen LogP contribution in [0.1, 0.15) is 26.4 Å². The lowest BCUT2D eigenvalue weighted by molar-refractivity contribution is -0.141. The van der Waals surface area contributed by atoms with Crippen LogP contribution in [-0.4, -0.2) is 23.9 Å². The fraction of sp³-hybridized carbons (Fsp3) is 0.133. The lowest BCUT2D eigenvalue weighted by Gasteiger charge is -2.16. The van der Waals surface area contributed by atoms with Crippen molar-refractivity contribution in [1.29, 1.82) is 0 Å². The van der Waals surface area contributed by atoms with Gasteiger partial charge in [-0.25, -0.2) is 4.39 Å². The standard InChI is InChI=1S/C15H10BrF4N3O3/c1-26-9-5-7(16)10(12(17)11(9)15(18,19)20)14(25)23-6-2-3-22-8(4-6)13(21)24/h2-5H,1H3,(H2,21,24)(H,22,23,25). The SMILES string of the molecule is COc1cc(Br)c(C(=O)Nc2ccnc(C(N)=O)c2)c(F)c1C(F)(F)F. The molecule has 1 aromatic heterocycles. The number of ether oxygens (including phenoxy) is 1. The molecule has 2 rings (SSSR count). The van der Waals surface area contributed by atoms with Gasteiger partial charge >= 0.3 is 6.18 Å². The van der Waals surface area contributed by atoms with Crippen molar-refractivity contribution in [2.75, 3.05) is 12.4 Å². The van der Waals surface area contributed by atoms with Crippen LogP contribution in [0.2, 0.25) is 0 Å². The number of aromatic nitrogens is 1. The Morgan fingerprint density at radius 3 is 2.50 bits per heavy atom. The zero-order valence-corrected chi connectivity index (χ0v) is 14.5. The van der Waals surface area contributed by atoms with Crippen LogP contribution in [0.25, 0.3) is 0 Å². The first-order valence-corrected chi connectivity index (χ1v) is 7.56. The van der Waals surface area contributed by atoms with E-state index in [-0.39, 0.29) is 15.9 Å². The molecule has 3 N–H and O–H groups in total. The van der Waals surface area contributed by atoms with E-state index in [1.54, 1.807) is 0 Å². The Morgan fingerprint density at radius 2 is 1.96 bits per heavy atom. The van der Waals surface area contributed by atoms with Gasteiger partial charge in [0.15, 0.2) is 5.82 Å². The number of amides is 2. The van der Waals surface area contributed by atoms with Gasteiger partial charge in [0.25, 0.3) is 11.8 Å². The molecule has 0 spiro atoms. The van der Waals surface area contributed by atoms with E-state index in [0.29, 0.717) is 0 Å². The highest BCUT2D eigenvalue weighted by Gasteiger charge is 2.40. The first-order chi connectivity index (χ1) is 12.1. The maximum absolute atomic E-state index is 14.5. The van der Waals surface area contributed by atoms with Gasteiger partial charge in [0, 0.05) is 16.4 Å². The number of anilines is 1. The Labute approximate surface area is 152 Å². The van der Waals surface area contributed by atoms with Crippen molar-refractivity contribution in [2.24, 2.45) is 5.73 Å². The minimum Gasteiger partial charge on any atom is -0.496 e. The Morgan fingerprint density at radius 1 is 1.31 bits per heavy atom. The fourth-order valence-electron chi connectivity index (χ4n) is 2.07. The van der Waals surface area contributed by atoms with Crippen LogP contribution in [0.3, 0.4) is 0 Å². The lowest BCUT2D eigenvalue weighted by atomic mass is 10.1. The third-order valence-corrected chi connectivity index (χ3v) is 3.81. The number of methoxy groups -OCH3 is 1. The highest BCUT2D eigenvalue weighted by molar-refractivity contribution is 9.10. The number of primary amides is 1. The zero-order chi connectivity index (χ0) is 19.6. The Kier molecular flexibility index (Phi) is 5.50. The summed E-state index contributed by atoms with van der Waals surface area (Å²) in [6, 6.07) is 3.19. The number of hydrogen-bond acceptors (Lipinski definition) is 4. The average molecular weight is 436 g/mol. The number of halogens is 5. The number of rotatable bonds is 4. The summed E-state index contributed by atoms with van der Waals surface area (Å²) in [7, 11) is 0.943. The molecule has 2 amide bonds. The van der Waals surface area contributed by atoms with Crippen molar-refractivity contribution < 1.29 is 31.9 Å². The minimum atomic E-state index is -5.08. The molecule has 0 aliphatic heterocycles. The van der Waals surface area contributed by atoms with Crippen molar-refractivity contribution in [3.8, 4) is 5.75 Å². The molecule has 6 nitrogen and oxygen atoms in total. The topological polar surface area (TPSA) is 94.3 Å². The average Bonchev–Trinajstić information content (AvgIpc) is 2.52. The summed E-state index contributed by atoms with van der Waals surface area (Å²) in [6.45, 7) is 0. The van der Waals surface area contributed by atoms with E-state index in [4.69, 9.17) is 5.73 Å². The number of benzene rings is 1. The predicted molar refractivity (Wildman–Crippen MR) is 86.4 cm³/mol. The van der Waals surface area contributed by atoms with Gasteiger partial charge in [-0.05, 0) is 34.1 Å². The minimum absolute atomic E-state index is 0.00511. The molecule has 1 heterocycles. The number of nitrogens with two attached hydrogens (primary N) is 1. The van der Waals surface area contributed by atoms with Gasteiger partial charge in [-0.15, -0.1) is 0 Å². The van der Waals surface area contributed by atoms with Gasteiger partial charge in [0.2, 0.25) is 0 Å². The number of pyridine rings is 1. The smallest absolute Gasteiger partial charge is 0.422 e. The van der Waals surface area contributed by atoms with Crippen LogP contribution in [0.4, 0.5) is 23.2 Å². The lowest BCUT2D eigenvalue weighted by Crippen LogP contribution is -2.20. The number of alkyl halides is 3. The summed E-state index contributed by atoms with van der Waals surface area (Å²) in [5.41, 5.74) is 2.27. The van der Waals surface area contributed by atoms with Gasteiger partial charge in [-0.1, -0.05) is 0 Å². The largest absolute Gasteiger partial charge is 0.496 e. The predicted octanol–water partition coefficient (Wildman–Crippen LogP) is 3.36. The number of hydrogen-bond donors (Lipinski definition) is 2. The van der Waals surface area contributed by atoms with Crippen molar-refractivity contribution in [3.05, 3.63) is 51.5 Å². The van der Waals surface area contributed by atoms with Crippen molar-refractivity contribution >= 4 is 33.4 Å². The van der Waals surface area contributed by atoms with E-state index in [1.807, 2.05) is 0 Å². The van der Waals surface area contributed by atoms with Gasteiger partial charge in [0.1, 0.15) is 17.0 Å². The number of nitrogens with zero attached hydrogens (tertiary/aromatic N) is 1. The Bertz CT molecular complexity index is 887. The molecule has 0 atom stereocenters. The molecule has 0 aliphatic rings. The molecule has 0 bridgehead atoms. The van der Waals surface area contributed by atoms with Gasteiger partial charge in [0.05, 0.1) is 12.7 Å². The van der Waals surface area contributed by atoms with Crippen LogP contribution in [0.5, 0.6) is 5.75 Å². The molecule has 1 aromatic carbocycles. The summed E-state index contributed by atoms with van der Waals surface area (Å²) in [6.07, 6.45) is -3.93. The second-order valence-corrected chi connectivity index (χ2v) is 5.72. The molecule has 0 unspecified atom stereocenters. The van der Waals surface area contributed by atoms with E-state index >= 15 is 0 Å². The van der Waals surface area contributed by atoms with Gasteiger partial charge in [-0.3, -0.25) is 14.6 Å². The molecule has 0 saturated heterocycles. The maximum Gasteiger partial charge on any atom is 0.422 e. The van der Waals surface area contributed by atoms with Crippen LogP contribution in [-0.2, 0) is 6.18 Å². The number of carbonyl (C=O) groups excluding carboxylic acids is 2. The fourth-order valence-corrected chi connectivity index (χ4v) is 2.63. The summed E-state index contributed by atoms with van der Waals surface area (Å²) < 4.78 is 58.1. The molecule has 138 valence electrons. The highest BCUT2D eigenvalue weighted by atomic mass is 79.9. The molecular weight excluding hydrogens is 426 g/mol. The van der Waals surface area contributed by atoms with Gasteiger partial charge in [-0.2, -0.15) is 13.2 Å². The first-order valence-electron chi connectivity index (χ1n) is 6.76. The molecule has 0 aliphatic carbocycles. The Hall–Kier alpha value is -2.69. The van der Waals surface area contributed by atoms with E-state index < -0.39 is 40.7 Å². The van der Waals surface area contributed by atoms with E-state index in [2.05, 4.69) is 31.0 Å². The van der Waals surface area contributed by atoms with Gasteiger partial charge < -0.3 is 15.8 Å². The molecular formula is C15H10BrF4N3O3. The molecule has 0 saturated carbocycles. The van der Waals surface area contributed by atoms with Crippen LogP contribution in [0.15, 0.2) is 28.9 Å². The molecule has 26 heavy (non-hydrogen) atoms. The monoisotopic (exact) mass is 435 g/mol. The quantitative estimate of drug-likeness (QED) is 0.719. The van der Waals surface area contributed by atoms with Crippen LogP contribution in [0, 0.1) is 5.82 Å². The van der Waals surface area contributed by atoms with Crippen molar-refractivity contribution in [2.45, 2.75) is 6.18 Å². The van der Waals surface area contributed by atoms with Crippen LogP contribution >= 0.6 is 15.9 Å². The van der Waals surface area contributed by atoms with Crippen molar-refractivity contribution in [3.63, 3.8) is 0 Å². The maximum atomic E-state index is 14.5. The molecule has 2 aromatic rings. The van der Waals surface area contributed by atoms with Crippen molar-refractivity contribution in [1.82, 2.24) is 4.98 Å². The van der Waals surface area contributed by atoms with E-state index in [1.165, 1.54) is 6.07 Å². The molecule has 11 heteroatoms. The summed E-state index contributed by atoms with van der Waals surface area (Å²) in [5, 5.41) is 2.19. The molecule has 0 radical (unpaired) electrons. The summed E-state index contributed by atoms with van der Waals surface area (Å²) in [4.78, 5) is 27.0. The first kappa shape index (κ1) is 19.6.